The number of methoxy groups -OCH3 is 1. The number of piperazine rings is 1. The van der Waals surface area contributed by atoms with Gasteiger partial charge in [-0.25, -0.2) is 0 Å². The van der Waals surface area contributed by atoms with Gasteiger partial charge in [-0.2, -0.15) is 4.98 Å². The number of hydrogen-bond donors (Lipinski definition) is 1. The highest BCUT2D eigenvalue weighted by Gasteiger charge is 2.20. The van der Waals surface area contributed by atoms with E-state index >= 15 is 0 Å². The van der Waals surface area contributed by atoms with Crippen LogP contribution in [0.25, 0.3) is 11.4 Å². The Morgan fingerprint density at radius 1 is 1.16 bits per heavy atom. The van der Waals surface area contributed by atoms with Crippen molar-refractivity contribution in [2.75, 3.05) is 45.2 Å². The summed E-state index contributed by atoms with van der Waals surface area (Å²) in [5, 5.41) is 8.00. The van der Waals surface area contributed by atoms with Gasteiger partial charge in [-0.1, -0.05) is 28.9 Å². The summed E-state index contributed by atoms with van der Waals surface area (Å²) in [6.07, 6.45) is 0. The van der Waals surface area contributed by atoms with Crippen LogP contribution in [0.2, 0.25) is 5.02 Å². The lowest BCUT2D eigenvalue weighted by Crippen LogP contribution is -2.52. The highest BCUT2D eigenvalue weighted by atomic mass is 35.5. The maximum atomic E-state index is 6.04. The van der Waals surface area contributed by atoms with E-state index in [0.29, 0.717) is 23.3 Å². The molecule has 31 heavy (non-hydrogen) atoms. The zero-order chi connectivity index (χ0) is 21.6. The van der Waals surface area contributed by atoms with Crippen LogP contribution in [0, 0.1) is 0 Å². The monoisotopic (exact) mass is 440 g/mol. The van der Waals surface area contributed by atoms with E-state index in [2.05, 4.69) is 42.4 Å². The Hall–Kier alpha value is -3.26. The maximum absolute atomic E-state index is 6.04. The largest absolute Gasteiger partial charge is 0.497 e. The second-order valence-electron chi connectivity index (χ2n) is 7.09. The molecule has 0 spiro atoms. The average Bonchev–Trinajstić information content (AvgIpc) is 3.29. The molecule has 1 aliphatic rings. The van der Waals surface area contributed by atoms with Crippen LogP contribution in [0.4, 0.5) is 5.69 Å². The first kappa shape index (κ1) is 21.0. The minimum atomic E-state index is 0.402. The van der Waals surface area contributed by atoms with E-state index in [1.165, 1.54) is 5.69 Å². The van der Waals surface area contributed by atoms with E-state index in [4.69, 9.17) is 20.9 Å². The number of benzene rings is 2. The van der Waals surface area contributed by atoms with E-state index in [1.54, 1.807) is 14.2 Å². The summed E-state index contributed by atoms with van der Waals surface area (Å²) in [5.74, 6) is 2.69. The molecule has 0 radical (unpaired) electrons. The van der Waals surface area contributed by atoms with Gasteiger partial charge in [-0.15, -0.1) is 0 Å². The third-order valence-corrected chi connectivity index (χ3v) is 5.41. The molecular formula is C22H25ClN6O2. The topological polar surface area (TPSA) is 79.0 Å². The quantitative estimate of drug-likeness (QED) is 0.481. The van der Waals surface area contributed by atoms with E-state index in [1.807, 2.05) is 36.4 Å². The Morgan fingerprint density at radius 3 is 2.61 bits per heavy atom. The first-order valence-corrected chi connectivity index (χ1v) is 10.5. The first-order valence-electron chi connectivity index (χ1n) is 10.1. The van der Waals surface area contributed by atoms with Gasteiger partial charge in [-0.05, 0) is 36.4 Å². The van der Waals surface area contributed by atoms with Crippen LogP contribution in [0.1, 0.15) is 5.89 Å². The molecule has 0 aliphatic carbocycles. The second-order valence-corrected chi connectivity index (χ2v) is 7.53. The zero-order valence-electron chi connectivity index (χ0n) is 17.6. The Labute approximate surface area is 186 Å². The molecule has 162 valence electrons. The van der Waals surface area contributed by atoms with Gasteiger partial charge in [0.05, 0.1) is 13.7 Å². The molecular weight excluding hydrogens is 416 g/mol. The van der Waals surface area contributed by atoms with Crippen molar-refractivity contribution >= 4 is 23.2 Å². The molecule has 1 aromatic heterocycles. The van der Waals surface area contributed by atoms with Crippen molar-refractivity contribution in [3.05, 3.63) is 59.4 Å². The lowest BCUT2D eigenvalue weighted by atomic mass is 10.2. The van der Waals surface area contributed by atoms with E-state index in [9.17, 15) is 0 Å². The van der Waals surface area contributed by atoms with Crippen LogP contribution in [-0.4, -0.2) is 61.3 Å². The molecule has 8 nitrogen and oxygen atoms in total. The van der Waals surface area contributed by atoms with Crippen molar-refractivity contribution < 1.29 is 9.26 Å². The van der Waals surface area contributed by atoms with E-state index in [0.717, 1.165) is 43.5 Å². The molecule has 1 N–H and O–H groups in total. The lowest BCUT2D eigenvalue weighted by Gasteiger charge is -2.37. The van der Waals surface area contributed by atoms with Crippen molar-refractivity contribution in [1.29, 1.82) is 0 Å². The van der Waals surface area contributed by atoms with Gasteiger partial charge in [0.15, 0.2) is 5.96 Å². The van der Waals surface area contributed by atoms with Crippen LogP contribution >= 0.6 is 11.6 Å². The molecule has 1 aliphatic heterocycles. The molecule has 4 rings (SSSR count). The highest BCUT2D eigenvalue weighted by Crippen LogP contribution is 2.21. The number of guanidine groups is 1. The number of aliphatic imine (C=N–C) groups is 1. The van der Waals surface area contributed by atoms with Crippen LogP contribution in [0.5, 0.6) is 5.75 Å². The van der Waals surface area contributed by atoms with Crippen molar-refractivity contribution in [3.63, 3.8) is 0 Å². The fraction of sp³-hybridized carbons (Fsp3) is 0.318. The Bertz CT molecular complexity index is 1030. The van der Waals surface area contributed by atoms with Crippen LogP contribution in [0.15, 0.2) is 58.0 Å². The second kappa shape index (κ2) is 9.70. The summed E-state index contributed by atoms with van der Waals surface area (Å²) < 4.78 is 10.6. The molecule has 2 heterocycles. The number of ether oxygens (including phenoxy) is 1. The van der Waals surface area contributed by atoms with Gasteiger partial charge >= 0.3 is 0 Å². The van der Waals surface area contributed by atoms with Crippen molar-refractivity contribution in [1.82, 2.24) is 20.4 Å². The number of aromatic nitrogens is 2. The van der Waals surface area contributed by atoms with Gasteiger partial charge in [-0.3, -0.25) is 4.99 Å². The minimum Gasteiger partial charge on any atom is -0.497 e. The van der Waals surface area contributed by atoms with Crippen molar-refractivity contribution in [2.24, 2.45) is 4.99 Å². The first-order chi connectivity index (χ1) is 15.2. The van der Waals surface area contributed by atoms with Crippen LogP contribution in [0.3, 0.4) is 0 Å². The predicted molar refractivity (Wildman–Crippen MR) is 122 cm³/mol. The third-order valence-electron chi connectivity index (χ3n) is 5.18. The molecule has 3 aromatic rings. The standard InChI is InChI=1S/C22H25ClN6O2/c1-24-22(25-15-20-26-21(27-31-20)16-4-3-5-17(23)14-16)29-12-10-28(11-13-29)18-6-8-19(30-2)9-7-18/h3-9,14H,10-13,15H2,1-2H3,(H,24,25). The summed E-state index contributed by atoms with van der Waals surface area (Å²) in [7, 11) is 3.46. The van der Waals surface area contributed by atoms with Crippen LogP contribution < -0.4 is 15.0 Å². The van der Waals surface area contributed by atoms with Crippen LogP contribution in [-0.2, 0) is 6.54 Å². The van der Waals surface area contributed by atoms with Gasteiger partial charge in [0, 0.05) is 49.5 Å². The Kier molecular flexibility index (Phi) is 6.57. The molecule has 1 fully saturated rings. The smallest absolute Gasteiger partial charge is 0.246 e. The summed E-state index contributed by atoms with van der Waals surface area (Å²) >= 11 is 6.04. The maximum Gasteiger partial charge on any atom is 0.246 e. The predicted octanol–water partition coefficient (Wildman–Crippen LogP) is 3.30. The number of nitrogens with one attached hydrogen (secondary N) is 1. The molecule has 0 atom stereocenters. The van der Waals surface area contributed by atoms with Gasteiger partial charge < -0.3 is 24.4 Å². The summed E-state index contributed by atoms with van der Waals surface area (Å²) in [5.41, 5.74) is 2.02. The summed E-state index contributed by atoms with van der Waals surface area (Å²) in [4.78, 5) is 13.5. The van der Waals surface area contributed by atoms with E-state index in [-0.39, 0.29) is 0 Å². The SMILES string of the molecule is CN=C(NCc1nc(-c2cccc(Cl)c2)no1)N1CCN(c2ccc(OC)cc2)CC1. The number of anilines is 1. The fourth-order valence-electron chi connectivity index (χ4n) is 3.53. The van der Waals surface area contributed by atoms with Gasteiger partial charge in [0.1, 0.15) is 5.75 Å². The normalized spacial score (nSPS) is 14.6. The minimum absolute atomic E-state index is 0.402. The molecule has 1 saturated heterocycles. The van der Waals surface area contributed by atoms with Gasteiger partial charge in [0.2, 0.25) is 11.7 Å². The Balaban J connectivity index is 1.31. The van der Waals surface area contributed by atoms with Crippen molar-refractivity contribution in [3.8, 4) is 17.1 Å². The Morgan fingerprint density at radius 2 is 1.94 bits per heavy atom. The molecule has 2 aromatic carbocycles. The molecule has 0 bridgehead atoms. The summed E-state index contributed by atoms with van der Waals surface area (Å²) in [6.45, 7) is 3.95. The molecule has 0 amide bonds. The number of hydrogen-bond acceptors (Lipinski definition) is 6. The lowest BCUT2D eigenvalue weighted by molar-refractivity contribution is 0.355. The van der Waals surface area contributed by atoms with E-state index < -0.39 is 0 Å². The number of halogens is 1. The zero-order valence-corrected chi connectivity index (χ0v) is 18.3. The molecule has 9 heteroatoms. The molecule has 0 saturated carbocycles. The third kappa shape index (κ3) is 5.08. The fourth-order valence-corrected chi connectivity index (χ4v) is 3.72. The average molecular weight is 441 g/mol. The number of rotatable bonds is 5. The summed E-state index contributed by atoms with van der Waals surface area (Å²) in [6, 6.07) is 15.5. The highest BCUT2D eigenvalue weighted by molar-refractivity contribution is 6.30. The van der Waals surface area contributed by atoms with Crippen molar-refractivity contribution in [2.45, 2.75) is 6.54 Å². The van der Waals surface area contributed by atoms with Gasteiger partial charge in [0.25, 0.3) is 0 Å². The molecule has 0 unspecified atom stereocenters. The number of nitrogens with zero attached hydrogens (tertiary/aromatic N) is 5.